The Morgan fingerprint density at radius 1 is 1.39 bits per heavy atom. The quantitative estimate of drug-likeness (QED) is 0.825. The topological polar surface area (TPSA) is 49.8 Å². The van der Waals surface area contributed by atoms with Crippen LogP contribution in [0.4, 0.5) is 5.82 Å². The van der Waals surface area contributed by atoms with Crippen molar-refractivity contribution in [3.63, 3.8) is 0 Å². The highest BCUT2D eigenvalue weighted by atomic mass is 35.5. The summed E-state index contributed by atoms with van der Waals surface area (Å²) in [5.41, 5.74) is 0.876. The minimum atomic E-state index is 0.547. The predicted octanol–water partition coefficient (Wildman–Crippen LogP) is 4.26. The van der Waals surface area contributed by atoms with Gasteiger partial charge in [-0.25, -0.2) is 9.97 Å². The van der Waals surface area contributed by atoms with Crippen molar-refractivity contribution in [3.05, 3.63) is 40.1 Å². The largest absolute Gasteiger partial charge is 0.368 e. The summed E-state index contributed by atoms with van der Waals surface area (Å²) in [4.78, 5) is 9.99. The van der Waals surface area contributed by atoms with Crippen molar-refractivity contribution >= 4 is 40.8 Å². The van der Waals surface area contributed by atoms with Gasteiger partial charge in [-0.05, 0) is 44.5 Å². The van der Waals surface area contributed by atoms with Crippen molar-refractivity contribution in [2.45, 2.75) is 23.3 Å². The number of aryl methyl sites for hydroxylation is 1. The summed E-state index contributed by atoms with van der Waals surface area (Å²) in [5.74, 6) is 1.48. The molecule has 1 atom stereocenters. The molecule has 1 saturated heterocycles. The van der Waals surface area contributed by atoms with Crippen LogP contribution >= 0.6 is 35.0 Å². The van der Waals surface area contributed by atoms with Crippen LogP contribution in [0.15, 0.2) is 34.3 Å². The van der Waals surface area contributed by atoms with Crippen LogP contribution in [-0.2, 0) is 0 Å². The molecule has 0 radical (unpaired) electrons. The summed E-state index contributed by atoms with van der Waals surface area (Å²) < 4.78 is 0. The molecule has 0 saturated carbocycles. The van der Waals surface area contributed by atoms with E-state index in [0.717, 1.165) is 41.1 Å². The van der Waals surface area contributed by atoms with Crippen molar-refractivity contribution < 1.29 is 0 Å². The number of nitrogens with one attached hydrogen (secondary N) is 2. The average molecular weight is 369 g/mol. The van der Waals surface area contributed by atoms with E-state index in [1.54, 1.807) is 12.3 Å². The Morgan fingerprint density at radius 2 is 2.26 bits per heavy atom. The maximum atomic E-state index is 6.23. The monoisotopic (exact) mass is 368 g/mol. The van der Waals surface area contributed by atoms with Crippen LogP contribution in [0.3, 0.4) is 0 Å². The highest BCUT2D eigenvalue weighted by molar-refractivity contribution is 7.99. The second-order valence-corrected chi connectivity index (χ2v) is 7.36. The van der Waals surface area contributed by atoms with Gasteiger partial charge in [0.2, 0.25) is 0 Å². The van der Waals surface area contributed by atoms with E-state index in [9.17, 15) is 0 Å². The van der Waals surface area contributed by atoms with Crippen LogP contribution in [0.1, 0.15) is 12.1 Å². The molecule has 4 nitrogen and oxygen atoms in total. The zero-order chi connectivity index (χ0) is 16.2. The molecule has 1 aromatic heterocycles. The maximum absolute atomic E-state index is 6.23. The van der Waals surface area contributed by atoms with Gasteiger partial charge in [0.1, 0.15) is 10.8 Å². The van der Waals surface area contributed by atoms with Crippen LogP contribution in [0.25, 0.3) is 0 Å². The first kappa shape index (κ1) is 16.8. The molecule has 2 N–H and O–H groups in total. The zero-order valence-electron chi connectivity index (χ0n) is 12.8. The number of aromatic nitrogens is 2. The summed E-state index contributed by atoms with van der Waals surface area (Å²) in [7, 11) is 0. The van der Waals surface area contributed by atoms with E-state index in [4.69, 9.17) is 23.2 Å². The Bertz CT molecular complexity index is 690. The second kappa shape index (κ2) is 7.71. The van der Waals surface area contributed by atoms with Crippen LogP contribution in [-0.4, -0.2) is 29.6 Å². The lowest BCUT2D eigenvalue weighted by Crippen LogP contribution is -2.18. The van der Waals surface area contributed by atoms with Crippen LogP contribution < -0.4 is 10.6 Å². The standard InChI is InChI=1S/C16H18Cl2N4S/c1-10-16(23-13-4-2-3-12(17)15(13)18)21-9-14(22-10)20-8-11-5-6-19-7-11/h2-4,9,11,19H,5-8H2,1H3,(H,20,22). The minimum absolute atomic E-state index is 0.547. The molecule has 1 aromatic carbocycles. The van der Waals surface area contributed by atoms with Crippen molar-refractivity contribution in [2.24, 2.45) is 5.92 Å². The molecule has 7 heteroatoms. The van der Waals surface area contributed by atoms with Crippen LogP contribution in [0, 0.1) is 12.8 Å². The van der Waals surface area contributed by atoms with E-state index >= 15 is 0 Å². The molecule has 0 aliphatic carbocycles. The van der Waals surface area contributed by atoms with Gasteiger partial charge in [-0.2, -0.15) is 0 Å². The number of benzene rings is 1. The number of halogens is 2. The lowest BCUT2D eigenvalue weighted by Gasteiger charge is -2.12. The molecular weight excluding hydrogens is 351 g/mol. The SMILES string of the molecule is Cc1nc(NCC2CCNC2)cnc1Sc1cccc(Cl)c1Cl. The normalized spacial score (nSPS) is 17.4. The molecule has 1 aliphatic heterocycles. The van der Waals surface area contributed by atoms with Crippen molar-refractivity contribution in [2.75, 3.05) is 25.0 Å². The molecule has 1 aliphatic rings. The molecular formula is C16H18Cl2N4S. The van der Waals surface area contributed by atoms with E-state index in [0.29, 0.717) is 16.0 Å². The first-order valence-corrected chi connectivity index (χ1v) is 9.11. The van der Waals surface area contributed by atoms with Gasteiger partial charge in [0, 0.05) is 11.4 Å². The van der Waals surface area contributed by atoms with Gasteiger partial charge in [0.15, 0.2) is 0 Å². The van der Waals surface area contributed by atoms with Crippen molar-refractivity contribution in [3.8, 4) is 0 Å². The molecule has 2 aromatic rings. The van der Waals surface area contributed by atoms with E-state index in [2.05, 4.69) is 20.6 Å². The third-order valence-corrected chi connectivity index (χ3v) is 5.84. The smallest absolute Gasteiger partial charge is 0.144 e. The van der Waals surface area contributed by atoms with Gasteiger partial charge < -0.3 is 10.6 Å². The lowest BCUT2D eigenvalue weighted by molar-refractivity contribution is 0.613. The number of nitrogens with zero attached hydrogens (tertiary/aromatic N) is 2. The molecule has 122 valence electrons. The summed E-state index contributed by atoms with van der Waals surface area (Å²) >= 11 is 13.8. The fourth-order valence-electron chi connectivity index (χ4n) is 2.46. The summed E-state index contributed by atoms with van der Waals surface area (Å²) in [5, 5.41) is 8.67. The molecule has 0 spiro atoms. The first-order chi connectivity index (χ1) is 11.1. The fraction of sp³-hybridized carbons (Fsp3) is 0.375. The van der Waals surface area contributed by atoms with E-state index in [1.807, 2.05) is 19.1 Å². The second-order valence-electron chi connectivity index (χ2n) is 5.54. The molecule has 23 heavy (non-hydrogen) atoms. The molecule has 0 amide bonds. The summed E-state index contributed by atoms with van der Waals surface area (Å²) in [6.07, 6.45) is 2.98. The van der Waals surface area contributed by atoms with Gasteiger partial charge in [-0.15, -0.1) is 0 Å². The van der Waals surface area contributed by atoms with Crippen molar-refractivity contribution in [1.82, 2.24) is 15.3 Å². The lowest BCUT2D eigenvalue weighted by atomic mass is 10.1. The Balaban J connectivity index is 1.67. The molecule has 3 rings (SSSR count). The third kappa shape index (κ3) is 4.29. The number of hydrogen-bond acceptors (Lipinski definition) is 5. The number of hydrogen-bond donors (Lipinski definition) is 2. The Labute approximate surface area is 150 Å². The van der Waals surface area contributed by atoms with E-state index < -0.39 is 0 Å². The van der Waals surface area contributed by atoms with Gasteiger partial charge in [-0.1, -0.05) is 41.0 Å². The minimum Gasteiger partial charge on any atom is -0.368 e. The molecule has 1 fully saturated rings. The summed E-state index contributed by atoms with van der Waals surface area (Å²) in [6, 6.07) is 5.58. The Kier molecular flexibility index (Phi) is 5.64. The molecule has 0 bridgehead atoms. The van der Waals surface area contributed by atoms with Gasteiger partial charge >= 0.3 is 0 Å². The summed E-state index contributed by atoms with van der Waals surface area (Å²) in [6.45, 7) is 5.05. The zero-order valence-corrected chi connectivity index (χ0v) is 15.1. The van der Waals surface area contributed by atoms with Gasteiger partial charge in [0.05, 0.1) is 21.9 Å². The highest BCUT2D eigenvalue weighted by Crippen LogP contribution is 2.37. The average Bonchev–Trinajstić information content (AvgIpc) is 3.05. The first-order valence-electron chi connectivity index (χ1n) is 7.53. The molecule has 1 unspecified atom stereocenters. The number of rotatable bonds is 5. The Hall–Kier alpha value is -1.01. The highest BCUT2D eigenvalue weighted by Gasteiger charge is 2.15. The third-order valence-electron chi connectivity index (χ3n) is 3.76. The fourth-order valence-corrected chi connectivity index (χ4v) is 3.79. The van der Waals surface area contributed by atoms with Gasteiger partial charge in [-0.3, -0.25) is 0 Å². The Morgan fingerprint density at radius 3 is 3.00 bits per heavy atom. The van der Waals surface area contributed by atoms with E-state index in [1.165, 1.54) is 18.2 Å². The number of anilines is 1. The van der Waals surface area contributed by atoms with Crippen LogP contribution in [0.2, 0.25) is 10.0 Å². The maximum Gasteiger partial charge on any atom is 0.144 e. The van der Waals surface area contributed by atoms with Crippen LogP contribution in [0.5, 0.6) is 0 Å². The molecule has 2 heterocycles. The predicted molar refractivity (Wildman–Crippen MR) is 96.8 cm³/mol. The van der Waals surface area contributed by atoms with Crippen molar-refractivity contribution in [1.29, 1.82) is 0 Å². The van der Waals surface area contributed by atoms with E-state index in [-0.39, 0.29) is 0 Å². The van der Waals surface area contributed by atoms with Gasteiger partial charge in [0.25, 0.3) is 0 Å².